The molecule has 8 nitrogen and oxygen atoms in total. The van der Waals surface area contributed by atoms with Gasteiger partial charge in [-0.1, -0.05) is 13.8 Å². The van der Waals surface area contributed by atoms with Crippen molar-refractivity contribution in [1.29, 1.82) is 0 Å². The Labute approximate surface area is 125 Å². The highest BCUT2D eigenvalue weighted by atomic mass is 16.5. The number of carbonyl (C=O) groups excluding carboxylic acids is 1. The van der Waals surface area contributed by atoms with Gasteiger partial charge in [0.05, 0.1) is 13.2 Å². The van der Waals surface area contributed by atoms with Gasteiger partial charge in [0.1, 0.15) is 0 Å². The molecule has 0 saturated heterocycles. The van der Waals surface area contributed by atoms with Gasteiger partial charge in [-0.05, 0) is 19.8 Å². The van der Waals surface area contributed by atoms with Crippen LogP contribution in [0, 0.1) is 5.92 Å². The quantitative estimate of drug-likeness (QED) is 0.689. The molecule has 0 aliphatic carbocycles. The number of nitrogens with one attached hydrogen (secondary N) is 1. The van der Waals surface area contributed by atoms with Gasteiger partial charge < -0.3 is 20.7 Å². The lowest BCUT2D eigenvalue weighted by atomic mass is 10.2. The number of nitrogens with two attached hydrogens (primary N) is 1. The third-order valence-electron chi connectivity index (χ3n) is 2.43. The van der Waals surface area contributed by atoms with Crippen LogP contribution in [0.1, 0.15) is 27.7 Å². The Hall–Kier alpha value is -2.12. The van der Waals surface area contributed by atoms with E-state index in [1.54, 1.807) is 4.90 Å². The summed E-state index contributed by atoms with van der Waals surface area (Å²) in [5.41, 5.74) is 5.30. The molecule has 0 atom stereocenters. The molecular formula is C13H24N6O2. The van der Waals surface area contributed by atoms with Crippen molar-refractivity contribution in [2.75, 3.05) is 36.5 Å². The summed E-state index contributed by atoms with van der Waals surface area (Å²) in [7, 11) is 0. The van der Waals surface area contributed by atoms with Crippen LogP contribution in [0.5, 0.6) is 6.01 Å². The number of rotatable bonds is 9. The van der Waals surface area contributed by atoms with E-state index >= 15 is 0 Å². The molecule has 0 aliphatic heterocycles. The molecule has 0 radical (unpaired) electrons. The van der Waals surface area contributed by atoms with E-state index in [-0.39, 0.29) is 12.6 Å². The molecule has 8 heteroatoms. The number of aromatic nitrogens is 3. The fourth-order valence-corrected chi connectivity index (χ4v) is 1.76. The number of ether oxygens (including phenoxy) is 1. The summed E-state index contributed by atoms with van der Waals surface area (Å²) in [6.45, 7) is 9.69. The molecule has 3 N–H and O–H groups in total. The number of nitrogens with zero attached hydrogens (tertiary/aromatic N) is 4. The fraction of sp³-hybridized carbons (Fsp3) is 0.692. The van der Waals surface area contributed by atoms with Gasteiger partial charge in [-0.3, -0.25) is 4.79 Å². The summed E-state index contributed by atoms with van der Waals surface area (Å²) >= 11 is 0. The number of amides is 1. The first kappa shape index (κ1) is 16.9. The maximum atomic E-state index is 11.2. The standard InChI is InChI=1S/C13H24N6O2/c1-5-15-11-16-12(18-13(17-11)21-6-2)19(7-9(3)4)8-10(14)20/h9H,5-8H2,1-4H3,(H2,14,20)(H,15,16,17,18). The van der Waals surface area contributed by atoms with E-state index in [0.29, 0.717) is 37.5 Å². The van der Waals surface area contributed by atoms with E-state index in [1.165, 1.54) is 0 Å². The SMILES string of the molecule is CCNc1nc(OCC)nc(N(CC(N)=O)CC(C)C)n1. The Balaban J connectivity index is 3.10. The first-order valence-electron chi connectivity index (χ1n) is 7.12. The predicted octanol–water partition coefficient (Wildman–Crippen LogP) is 0.650. The maximum absolute atomic E-state index is 11.2. The Kier molecular flexibility index (Phi) is 6.64. The van der Waals surface area contributed by atoms with Crippen molar-refractivity contribution in [2.45, 2.75) is 27.7 Å². The lowest BCUT2D eigenvalue weighted by Crippen LogP contribution is -2.37. The molecule has 0 aromatic carbocycles. The molecule has 0 spiro atoms. The summed E-state index contributed by atoms with van der Waals surface area (Å²) < 4.78 is 5.35. The minimum absolute atomic E-state index is 0.0549. The van der Waals surface area contributed by atoms with E-state index in [4.69, 9.17) is 10.5 Å². The molecule has 1 aromatic heterocycles. The van der Waals surface area contributed by atoms with E-state index in [1.807, 2.05) is 27.7 Å². The van der Waals surface area contributed by atoms with Crippen LogP contribution in [0.25, 0.3) is 0 Å². The van der Waals surface area contributed by atoms with Crippen molar-refractivity contribution in [1.82, 2.24) is 15.0 Å². The second kappa shape index (κ2) is 8.23. The van der Waals surface area contributed by atoms with E-state index in [0.717, 1.165) is 0 Å². The molecule has 0 bridgehead atoms. The molecule has 118 valence electrons. The highest BCUT2D eigenvalue weighted by Crippen LogP contribution is 2.16. The van der Waals surface area contributed by atoms with Gasteiger partial charge in [0.2, 0.25) is 17.8 Å². The monoisotopic (exact) mass is 296 g/mol. The number of hydrogen-bond acceptors (Lipinski definition) is 7. The van der Waals surface area contributed by atoms with Crippen LogP contribution in [0.4, 0.5) is 11.9 Å². The maximum Gasteiger partial charge on any atom is 0.323 e. The Morgan fingerprint density at radius 3 is 2.57 bits per heavy atom. The van der Waals surface area contributed by atoms with Gasteiger partial charge in [-0.15, -0.1) is 0 Å². The third-order valence-corrected chi connectivity index (χ3v) is 2.43. The van der Waals surface area contributed by atoms with Gasteiger partial charge in [0, 0.05) is 13.1 Å². The smallest absolute Gasteiger partial charge is 0.323 e. The number of anilines is 2. The zero-order valence-corrected chi connectivity index (χ0v) is 13.1. The Bertz CT molecular complexity index is 442. The third kappa shape index (κ3) is 5.80. The summed E-state index contributed by atoms with van der Waals surface area (Å²) in [5.74, 6) is 0.708. The largest absolute Gasteiger partial charge is 0.464 e. The molecule has 21 heavy (non-hydrogen) atoms. The van der Waals surface area contributed by atoms with Gasteiger partial charge in [0.25, 0.3) is 0 Å². The second-order valence-electron chi connectivity index (χ2n) is 4.95. The highest BCUT2D eigenvalue weighted by molar-refractivity contribution is 5.78. The lowest BCUT2D eigenvalue weighted by molar-refractivity contribution is -0.116. The van der Waals surface area contributed by atoms with Crippen LogP contribution < -0.4 is 20.7 Å². The fourth-order valence-electron chi connectivity index (χ4n) is 1.76. The molecule has 1 rings (SSSR count). The topological polar surface area (TPSA) is 106 Å². The molecule has 1 amide bonds. The summed E-state index contributed by atoms with van der Waals surface area (Å²) in [5, 5.41) is 3.02. The average Bonchev–Trinajstić information content (AvgIpc) is 2.37. The molecule has 0 fully saturated rings. The zero-order valence-electron chi connectivity index (χ0n) is 13.1. The van der Waals surface area contributed by atoms with Crippen molar-refractivity contribution in [3.63, 3.8) is 0 Å². The van der Waals surface area contributed by atoms with E-state index in [9.17, 15) is 4.79 Å². The lowest BCUT2D eigenvalue weighted by Gasteiger charge is -2.23. The Morgan fingerprint density at radius 1 is 1.33 bits per heavy atom. The molecule has 0 aliphatic rings. The number of hydrogen-bond donors (Lipinski definition) is 2. The van der Waals surface area contributed by atoms with Crippen LogP contribution in [0.2, 0.25) is 0 Å². The van der Waals surface area contributed by atoms with Crippen molar-refractivity contribution >= 4 is 17.8 Å². The summed E-state index contributed by atoms with van der Waals surface area (Å²) in [4.78, 5) is 25.7. The first-order chi connectivity index (χ1) is 9.96. The number of carbonyl (C=O) groups is 1. The van der Waals surface area contributed by atoms with E-state index in [2.05, 4.69) is 20.3 Å². The summed E-state index contributed by atoms with van der Waals surface area (Å²) in [6, 6.07) is 0.233. The first-order valence-corrected chi connectivity index (χ1v) is 7.12. The number of primary amides is 1. The van der Waals surface area contributed by atoms with Gasteiger partial charge in [0.15, 0.2) is 0 Å². The minimum atomic E-state index is -0.431. The van der Waals surface area contributed by atoms with Crippen LogP contribution >= 0.6 is 0 Å². The Morgan fingerprint density at radius 2 is 2.05 bits per heavy atom. The highest BCUT2D eigenvalue weighted by Gasteiger charge is 2.17. The average molecular weight is 296 g/mol. The van der Waals surface area contributed by atoms with Crippen LogP contribution in [-0.2, 0) is 4.79 Å². The van der Waals surface area contributed by atoms with E-state index < -0.39 is 5.91 Å². The van der Waals surface area contributed by atoms with Gasteiger partial charge >= 0.3 is 6.01 Å². The van der Waals surface area contributed by atoms with Crippen molar-refractivity contribution < 1.29 is 9.53 Å². The molecule has 0 saturated carbocycles. The van der Waals surface area contributed by atoms with Crippen molar-refractivity contribution in [2.24, 2.45) is 11.7 Å². The predicted molar refractivity (Wildman–Crippen MR) is 81.4 cm³/mol. The zero-order chi connectivity index (χ0) is 15.8. The van der Waals surface area contributed by atoms with Gasteiger partial charge in [-0.2, -0.15) is 15.0 Å². The molecule has 0 unspecified atom stereocenters. The second-order valence-corrected chi connectivity index (χ2v) is 4.95. The minimum Gasteiger partial charge on any atom is -0.464 e. The van der Waals surface area contributed by atoms with Crippen molar-refractivity contribution in [3.05, 3.63) is 0 Å². The van der Waals surface area contributed by atoms with Gasteiger partial charge in [-0.25, -0.2) is 0 Å². The molecular weight excluding hydrogens is 272 g/mol. The van der Waals surface area contributed by atoms with Crippen molar-refractivity contribution in [3.8, 4) is 6.01 Å². The summed E-state index contributed by atoms with van der Waals surface area (Å²) in [6.07, 6.45) is 0. The van der Waals surface area contributed by atoms with Crippen LogP contribution in [0.15, 0.2) is 0 Å². The molecule has 1 aromatic rings. The normalized spacial score (nSPS) is 10.5. The van der Waals surface area contributed by atoms with Crippen LogP contribution in [-0.4, -0.2) is 47.1 Å². The molecule has 1 heterocycles. The van der Waals surface area contributed by atoms with Crippen LogP contribution in [0.3, 0.4) is 0 Å².